The van der Waals surface area contributed by atoms with Gasteiger partial charge in [0.05, 0.1) is 6.61 Å². The molecule has 1 aliphatic rings. The first-order valence-corrected chi connectivity index (χ1v) is 5.24. The predicted molar refractivity (Wildman–Crippen MR) is 62.6 cm³/mol. The molecule has 0 aromatic heterocycles. The van der Waals surface area contributed by atoms with Crippen molar-refractivity contribution in [3.05, 3.63) is 60.7 Å². The van der Waals surface area contributed by atoms with Gasteiger partial charge in [0.15, 0.2) is 0 Å². The second kappa shape index (κ2) is 3.67. The third-order valence-corrected chi connectivity index (χ3v) is 3.45. The van der Waals surface area contributed by atoms with Crippen LogP contribution in [0.5, 0.6) is 0 Å². The van der Waals surface area contributed by atoms with E-state index in [9.17, 15) is 5.11 Å². The molecule has 1 aliphatic carbocycles. The van der Waals surface area contributed by atoms with Crippen LogP contribution in [-0.2, 0) is 5.41 Å². The normalized spacial score (nSPS) is 28.9. The van der Waals surface area contributed by atoms with Crippen molar-refractivity contribution >= 4 is 0 Å². The fraction of sp³-hybridized carbons (Fsp3) is 0.286. The van der Waals surface area contributed by atoms with Gasteiger partial charge < -0.3 is 5.11 Å². The summed E-state index contributed by atoms with van der Waals surface area (Å²) in [6.45, 7) is 7.95. The van der Waals surface area contributed by atoms with E-state index in [1.165, 1.54) is 5.56 Å². The number of benzene rings is 1. The van der Waals surface area contributed by atoms with Crippen LogP contribution >= 0.6 is 0 Å². The van der Waals surface area contributed by atoms with Crippen molar-refractivity contribution in [2.24, 2.45) is 5.92 Å². The Morgan fingerprint density at radius 3 is 2.53 bits per heavy atom. The van der Waals surface area contributed by atoms with Crippen molar-refractivity contribution in [3.63, 3.8) is 0 Å². The molecule has 1 fully saturated rings. The van der Waals surface area contributed by atoms with Crippen LogP contribution in [0.1, 0.15) is 12.0 Å². The lowest BCUT2D eigenvalue weighted by Crippen LogP contribution is -2.15. The molecule has 1 aromatic rings. The van der Waals surface area contributed by atoms with E-state index in [-0.39, 0.29) is 12.0 Å². The Bertz CT molecular complexity index is 380. The Labute approximate surface area is 90.8 Å². The molecule has 0 unspecified atom stereocenters. The molecule has 0 bridgehead atoms. The summed E-state index contributed by atoms with van der Waals surface area (Å²) in [5.74, 6) is 0.363. The Morgan fingerprint density at radius 1 is 1.33 bits per heavy atom. The van der Waals surface area contributed by atoms with Crippen molar-refractivity contribution in [2.75, 3.05) is 6.61 Å². The fourth-order valence-corrected chi connectivity index (χ4v) is 2.45. The zero-order chi connectivity index (χ0) is 10.9. The van der Waals surface area contributed by atoms with Crippen LogP contribution in [0.25, 0.3) is 0 Å². The largest absolute Gasteiger partial charge is 0.395 e. The molecule has 0 spiro atoms. The molecule has 1 aromatic carbocycles. The van der Waals surface area contributed by atoms with Gasteiger partial charge >= 0.3 is 0 Å². The molecule has 1 N–H and O–H groups in total. The molecule has 1 nitrogen and oxygen atoms in total. The third-order valence-electron chi connectivity index (χ3n) is 3.45. The van der Waals surface area contributed by atoms with Gasteiger partial charge in [-0.1, -0.05) is 48.6 Å². The zero-order valence-electron chi connectivity index (χ0n) is 8.82. The van der Waals surface area contributed by atoms with E-state index in [0.717, 1.165) is 12.0 Å². The summed E-state index contributed by atoms with van der Waals surface area (Å²) >= 11 is 0. The Balaban J connectivity index is 2.33. The van der Waals surface area contributed by atoms with Crippen LogP contribution in [-0.4, -0.2) is 11.7 Å². The maximum atomic E-state index is 9.58. The number of hydrogen-bond acceptors (Lipinski definition) is 1. The maximum Gasteiger partial charge on any atom is 0.0571 e. The quantitative estimate of drug-likeness (QED) is 0.741. The fourth-order valence-electron chi connectivity index (χ4n) is 2.45. The van der Waals surface area contributed by atoms with E-state index in [4.69, 9.17) is 0 Å². The second-order valence-electron chi connectivity index (χ2n) is 4.10. The minimum atomic E-state index is -0.199. The first kappa shape index (κ1) is 10.2. The first-order valence-electron chi connectivity index (χ1n) is 5.24. The molecule has 0 aliphatic heterocycles. The highest BCUT2D eigenvalue weighted by atomic mass is 16.3. The van der Waals surface area contributed by atoms with Crippen molar-refractivity contribution in [1.82, 2.24) is 0 Å². The minimum Gasteiger partial charge on any atom is -0.395 e. The van der Waals surface area contributed by atoms with Crippen molar-refractivity contribution < 1.29 is 5.11 Å². The monoisotopic (exact) mass is 200 g/mol. The van der Waals surface area contributed by atoms with Gasteiger partial charge in [-0.2, -0.15) is 0 Å². The molecule has 0 radical (unpaired) electrons. The topological polar surface area (TPSA) is 20.2 Å². The van der Waals surface area contributed by atoms with Gasteiger partial charge in [0.25, 0.3) is 0 Å². The molecule has 0 amide bonds. The van der Waals surface area contributed by atoms with Crippen LogP contribution < -0.4 is 0 Å². The lowest BCUT2D eigenvalue weighted by Gasteiger charge is -2.13. The summed E-state index contributed by atoms with van der Waals surface area (Å²) in [6.07, 6.45) is 2.80. The van der Waals surface area contributed by atoms with Gasteiger partial charge in [0, 0.05) is 5.41 Å². The molecule has 0 heterocycles. The van der Waals surface area contributed by atoms with Crippen LogP contribution in [0.15, 0.2) is 55.1 Å². The highest BCUT2D eigenvalue weighted by Gasteiger charge is 2.58. The molecule has 15 heavy (non-hydrogen) atoms. The van der Waals surface area contributed by atoms with Gasteiger partial charge in [0.2, 0.25) is 0 Å². The number of aliphatic hydroxyl groups excluding tert-OH is 1. The summed E-state index contributed by atoms with van der Waals surface area (Å²) in [5.41, 5.74) is 2.11. The van der Waals surface area contributed by atoms with Gasteiger partial charge in [0.1, 0.15) is 0 Å². The number of aliphatic hydroxyl groups is 1. The predicted octanol–water partition coefficient (Wildman–Crippen LogP) is 2.68. The third kappa shape index (κ3) is 1.35. The standard InChI is InChI=1S/C14H16O/c1-3-7-13-11(2)14(13,10-15)12-8-5-4-6-9-12/h3-6,8-9,13,15H,1-2,7,10H2/t13-,14-/m0/s1. The zero-order valence-corrected chi connectivity index (χ0v) is 8.82. The van der Waals surface area contributed by atoms with Gasteiger partial charge in [-0.3, -0.25) is 0 Å². The number of allylic oxidation sites excluding steroid dienone is 1. The summed E-state index contributed by atoms with van der Waals surface area (Å²) < 4.78 is 0. The number of rotatable bonds is 4. The van der Waals surface area contributed by atoms with Crippen molar-refractivity contribution in [3.8, 4) is 0 Å². The summed E-state index contributed by atoms with van der Waals surface area (Å²) in [7, 11) is 0. The summed E-state index contributed by atoms with van der Waals surface area (Å²) in [5, 5.41) is 9.58. The average Bonchev–Trinajstić information content (AvgIpc) is 2.86. The summed E-state index contributed by atoms with van der Waals surface area (Å²) in [4.78, 5) is 0. The van der Waals surface area contributed by atoms with Crippen LogP contribution in [0.4, 0.5) is 0 Å². The molecule has 2 atom stereocenters. The molecule has 1 heteroatoms. The van der Waals surface area contributed by atoms with Crippen molar-refractivity contribution in [1.29, 1.82) is 0 Å². The second-order valence-corrected chi connectivity index (χ2v) is 4.10. The van der Waals surface area contributed by atoms with Gasteiger partial charge in [-0.05, 0) is 17.9 Å². The van der Waals surface area contributed by atoms with E-state index in [1.54, 1.807) is 0 Å². The molecular weight excluding hydrogens is 184 g/mol. The van der Waals surface area contributed by atoms with E-state index in [1.807, 2.05) is 24.3 Å². The Kier molecular flexibility index (Phi) is 2.49. The lowest BCUT2D eigenvalue weighted by molar-refractivity contribution is 0.249. The van der Waals surface area contributed by atoms with Gasteiger partial charge in [-0.15, -0.1) is 6.58 Å². The average molecular weight is 200 g/mol. The Hall–Kier alpha value is -1.34. The highest BCUT2D eigenvalue weighted by Crippen LogP contribution is 2.60. The van der Waals surface area contributed by atoms with E-state index in [0.29, 0.717) is 5.92 Å². The molecule has 2 rings (SSSR count). The van der Waals surface area contributed by atoms with Gasteiger partial charge in [-0.25, -0.2) is 0 Å². The van der Waals surface area contributed by atoms with E-state index in [2.05, 4.69) is 25.3 Å². The van der Waals surface area contributed by atoms with Crippen LogP contribution in [0.2, 0.25) is 0 Å². The smallest absolute Gasteiger partial charge is 0.0571 e. The molecule has 1 saturated carbocycles. The minimum absolute atomic E-state index is 0.147. The van der Waals surface area contributed by atoms with E-state index >= 15 is 0 Å². The molecule has 0 saturated heterocycles. The highest BCUT2D eigenvalue weighted by molar-refractivity contribution is 5.52. The van der Waals surface area contributed by atoms with Crippen LogP contribution in [0.3, 0.4) is 0 Å². The number of hydrogen-bond donors (Lipinski definition) is 1. The first-order chi connectivity index (χ1) is 7.27. The van der Waals surface area contributed by atoms with E-state index < -0.39 is 0 Å². The molecular formula is C14H16O. The SMILES string of the molecule is C=CC[C@H]1C(=C)[C@@]1(CO)c1ccccc1. The van der Waals surface area contributed by atoms with Crippen molar-refractivity contribution in [2.45, 2.75) is 11.8 Å². The Morgan fingerprint density at radius 2 is 2.00 bits per heavy atom. The summed E-state index contributed by atoms with van der Waals surface area (Å²) in [6, 6.07) is 10.1. The lowest BCUT2D eigenvalue weighted by atomic mass is 9.93. The van der Waals surface area contributed by atoms with Crippen LogP contribution in [0, 0.1) is 5.92 Å². The molecule has 78 valence electrons. The maximum absolute atomic E-state index is 9.58.